The Hall–Kier alpha value is -3.08. The average molecular weight is 374 g/mol. The molecule has 0 atom stereocenters. The molecule has 1 aromatic heterocycles. The van der Waals surface area contributed by atoms with Gasteiger partial charge >= 0.3 is 0 Å². The van der Waals surface area contributed by atoms with E-state index in [0.29, 0.717) is 18.8 Å². The first kappa shape index (κ1) is 17.0. The summed E-state index contributed by atoms with van der Waals surface area (Å²) in [5.41, 5.74) is 3.43. The van der Waals surface area contributed by atoms with Crippen LogP contribution >= 0.6 is 0 Å². The molecule has 2 amide bonds. The van der Waals surface area contributed by atoms with Gasteiger partial charge in [-0.25, -0.2) is 0 Å². The van der Waals surface area contributed by atoms with Crippen LogP contribution in [0.1, 0.15) is 44.9 Å². The molecule has 0 bridgehead atoms. The molecule has 142 valence electrons. The lowest BCUT2D eigenvalue weighted by Crippen LogP contribution is -2.46. The second-order valence-corrected chi connectivity index (χ2v) is 7.63. The number of benzene rings is 2. The van der Waals surface area contributed by atoms with Crippen LogP contribution in [-0.4, -0.2) is 35.8 Å². The van der Waals surface area contributed by atoms with Gasteiger partial charge < -0.3 is 14.6 Å². The van der Waals surface area contributed by atoms with Crippen molar-refractivity contribution in [3.05, 3.63) is 71.2 Å². The number of aryl methyl sites for hydroxylation is 2. The Morgan fingerprint density at radius 2 is 1.75 bits per heavy atom. The van der Waals surface area contributed by atoms with E-state index in [4.69, 9.17) is 4.42 Å². The molecular formula is C23H22N2O3. The summed E-state index contributed by atoms with van der Waals surface area (Å²) in [6, 6.07) is 13.8. The summed E-state index contributed by atoms with van der Waals surface area (Å²) in [7, 11) is 0. The van der Waals surface area contributed by atoms with Crippen LogP contribution < -0.4 is 5.32 Å². The van der Waals surface area contributed by atoms with Gasteiger partial charge in [-0.2, -0.15) is 0 Å². The van der Waals surface area contributed by atoms with E-state index in [9.17, 15) is 9.59 Å². The third kappa shape index (κ3) is 2.87. The Kier molecular flexibility index (Phi) is 4.15. The topological polar surface area (TPSA) is 62.6 Å². The van der Waals surface area contributed by atoms with E-state index in [1.165, 1.54) is 22.8 Å². The van der Waals surface area contributed by atoms with Crippen molar-refractivity contribution in [2.45, 2.75) is 31.7 Å². The molecule has 5 rings (SSSR count). The first-order valence-corrected chi connectivity index (χ1v) is 9.88. The second kappa shape index (κ2) is 6.82. The van der Waals surface area contributed by atoms with Crippen LogP contribution in [0, 0.1) is 0 Å². The highest BCUT2D eigenvalue weighted by atomic mass is 16.3. The van der Waals surface area contributed by atoms with Crippen molar-refractivity contribution in [3.8, 4) is 0 Å². The Morgan fingerprint density at radius 1 is 0.964 bits per heavy atom. The van der Waals surface area contributed by atoms with E-state index in [-0.39, 0.29) is 17.9 Å². The SMILES string of the molecule is O=C(NC1CCN(C(=O)c2ccco2)CC1)c1ccc2c3c(cccc13)CC2. The zero-order chi connectivity index (χ0) is 19.1. The monoisotopic (exact) mass is 374 g/mol. The molecule has 5 heteroatoms. The molecule has 0 unspecified atom stereocenters. The minimum atomic E-state index is -0.0812. The van der Waals surface area contributed by atoms with Crippen LogP contribution in [0.4, 0.5) is 0 Å². The summed E-state index contributed by atoms with van der Waals surface area (Å²) in [4.78, 5) is 27.1. The van der Waals surface area contributed by atoms with Crippen molar-refractivity contribution in [2.75, 3.05) is 13.1 Å². The quantitative estimate of drug-likeness (QED) is 0.762. The van der Waals surface area contributed by atoms with Gasteiger partial charge in [-0.05, 0) is 65.8 Å². The molecule has 0 spiro atoms. The molecule has 1 fully saturated rings. The summed E-state index contributed by atoms with van der Waals surface area (Å²) in [6.45, 7) is 1.24. The van der Waals surface area contributed by atoms with Crippen LogP contribution in [0.5, 0.6) is 0 Å². The molecule has 1 N–H and O–H groups in total. The summed E-state index contributed by atoms with van der Waals surface area (Å²) in [6.07, 6.45) is 5.12. The fourth-order valence-electron chi connectivity index (χ4n) is 4.49. The van der Waals surface area contributed by atoms with Crippen molar-refractivity contribution in [1.82, 2.24) is 10.2 Å². The maximum atomic E-state index is 13.0. The molecule has 1 aliphatic carbocycles. The van der Waals surface area contributed by atoms with E-state index in [2.05, 4.69) is 17.4 Å². The van der Waals surface area contributed by atoms with Crippen molar-refractivity contribution in [2.24, 2.45) is 0 Å². The number of carbonyl (C=O) groups excluding carboxylic acids is 2. The molecule has 5 nitrogen and oxygen atoms in total. The van der Waals surface area contributed by atoms with Gasteiger partial charge in [0.05, 0.1) is 6.26 Å². The van der Waals surface area contributed by atoms with E-state index < -0.39 is 0 Å². The zero-order valence-corrected chi connectivity index (χ0v) is 15.6. The van der Waals surface area contributed by atoms with Gasteiger partial charge in [0.2, 0.25) is 0 Å². The number of furan rings is 1. The van der Waals surface area contributed by atoms with E-state index >= 15 is 0 Å². The molecule has 2 heterocycles. The Labute approximate surface area is 163 Å². The Bertz CT molecular complexity index is 1040. The number of rotatable bonds is 3. The van der Waals surface area contributed by atoms with E-state index in [1.807, 2.05) is 18.2 Å². The molecule has 0 radical (unpaired) electrons. The third-order valence-electron chi connectivity index (χ3n) is 5.97. The first-order valence-electron chi connectivity index (χ1n) is 9.88. The Balaban J connectivity index is 1.28. The fraction of sp³-hybridized carbons (Fsp3) is 0.304. The number of piperidine rings is 1. The lowest BCUT2D eigenvalue weighted by atomic mass is 9.98. The summed E-state index contributed by atoms with van der Waals surface area (Å²) in [5, 5.41) is 5.49. The highest BCUT2D eigenvalue weighted by molar-refractivity contribution is 6.09. The number of hydrogen-bond donors (Lipinski definition) is 1. The summed E-state index contributed by atoms with van der Waals surface area (Å²) >= 11 is 0. The lowest BCUT2D eigenvalue weighted by Gasteiger charge is -2.32. The van der Waals surface area contributed by atoms with Crippen molar-refractivity contribution in [1.29, 1.82) is 0 Å². The molecular weight excluding hydrogens is 352 g/mol. The smallest absolute Gasteiger partial charge is 0.289 e. The highest BCUT2D eigenvalue weighted by Crippen LogP contribution is 2.32. The van der Waals surface area contributed by atoms with Crippen LogP contribution in [0.3, 0.4) is 0 Å². The average Bonchev–Trinajstić information content (AvgIpc) is 3.40. The van der Waals surface area contributed by atoms with Gasteiger partial charge in [0.1, 0.15) is 0 Å². The van der Waals surface area contributed by atoms with Gasteiger partial charge in [-0.3, -0.25) is 9.59 Å². The molecule has 1 saturated heterocycles. The van der Waals surface area contributed by atoms with Gasteiger partial charge in [0.25, 0.3) is 11.8 Å². The highest BCUT2D eigenvalue weighted by Gasteiger charge is 2.27. The largest absolute Gasteiger partial charge is 0.459 e. The summed E-state index contributed by atoms with van der Waals surface area (Å²) in [5.74, 6) is 0.268. The normalized spacial score (nSPS) is 16.5. The van der Waals surface area contributed by atoms with Crippen LogP contribution in [0.15, 0.2) is 53.1 Å². The number of likely N-dealkylation sites (tertiary alicyclic amines) is 1. The maximum Gasteiger partial charge on any atom is 0.289 e. The number of nitrogens with zero attached hydrogens (tertiary/aromatic N) is 1. The van der Waals surface area contributed by atoms with Crippen LogP contribution in [-0.2, 0) is 12.8 Å². The number of hydrogen-bond acceptors (Lipinski definition) is 3. The fourth-order valence-corrected chi connectivity index (χ4v) is 4.49. The second-order valence-electron chi connectivity index (χ2n) is 7.63. The van der Waals surface area contributed by atoms with Crippen molar-refractivity contribution in [3.63, 3.8) is 0 Å². The predicted octanol–water partition coefficient (Wildman–Crippen LogP) is 3.57. The third-order valence-corrected chi connectivity index (χ3v) is 5.97. The summed E-state index contributed by atoms with van der Waals surface area (Å²) < 4.78 is 5.20. The van der Waals surface area contributed by atoms with Crippen molar-refractivity contribution < 1.29 is 14.0 Å². The minimum absolute atomic E-state index is 0.0218. The molecule has 0 saturated carbocycles. The maximum absolute atomic E-state index is 13.0. The standard InChI is InChI=1S/C23H22N2O3/c26-22(19-9-8-16-7-6-15-3-1-4-18(19)21(15)16)24-17-10-12-25(13-11-17)23(27)20-5-2-14-28-20/h1-5,8-9,14,17H,6-7,10-13H2,(H,24,26). The number of nitrogens with one attached hydrogen (secondary N) is 1. The van der Waals surface area contributed by atoms with Gasteiger partial charge in [-0.1, -0.05) is 24.3 Å². The molecule has 2 aromatic carbocycles. The molecule has 1 aliphatic heterocycles. The number of amides is 2. The van der Waals surface area contributed by atoms with Crippen LogP contribution in [0.2, 0.25) is 0 Å². The van der Waals surface area contributed by atoms with Gasteiger partial charge in [0.15, 0.2) is 5.76 Å². The predicted molar refractivity (Wildman–Crippen MR) is 106 cm³/mol. The molecule has 3 aromatic rings. The zero-order valence-electron chi connectivity index (χ0n) is 15.6. The van der Waals surface area contributed by atoms with E-state index in [1.54, 1.807) is 17.0 Å². The van der Waals surface area contributed by atoms with Crippen LogP contribution in [0.25, 0.3) is 10.8 Å². The molecule has 28 heavy (non-hydrogen) atoms. The van der Waals surface area contributed by atoms with Gasteiger partial charge in [-0.15, -0.1) is 0 Å². The van der Waals surface area contributed by atoms with Gasteiger partial charge in [0, 0.05) is 24.7 Å². The Morgan fingerprint density at radius 3 is 2.50 bits per heavy atom. The number of carbonyl (C=O) groups is 2. The molecule has 2 aliphatic rings. The van der Waals surface area contributed by atoms with E-state index in [0.717, 1.165) is 36.6 Å². The van der Waals surface area contributed by atoms with Crippen molar-refractivity contribution >= 4 is 22.6 Å². The minimum Gasteiger partial charge on any atom is -0.459 e. The first-order chi connectivity index (χ1) is 13.7. The lowest BCUT2D eigenvalue weighted by molar-refractivity contribution is 0.0667.